The Labute approximate surface area is 134 Å². The Morgan fingerprint density at radius 3 is 2.43 bits per heavy atom. The van der Waals surface area contributed by atoms with Gasteiger partial charge >= 0.3 is 0 Å². The van der Waals surface area contributed by atoms with Gasteiger partial charge in [-0.3, -0.25) is 0 Å². The van der Waals surface area contributed by atoms with Crippen molar-refractivity contribution in [1.29, 1.82) is 0 Å². The van der Waals surface area contributed by atoms with Crippen molar-refractivity contribution >= 4 is 30.5 Å². The van der Waals surface area contributed by atoms with Gasteiger partial charge in [0.2, 0.25) is 0 Å². The smallest absolute Gasteiger partial charge is 0.0809 e. The summed E-state index contributed by atoms with van der Waals surface area (Å²) < 4.78 is 0. The third kappa shape index (κ3) is 4.90. The zero-order chi connectivity index (χ0) is 15.3. The summed E-state index contributed by atoms with van der Waals surface area (Å²) in [6.45, 7) is 8.23. The van der Waals surface area contributed by atoms with Crippen LogP contribution >= 0.6 is 11.6 Å². The normalized spacial score (nSPS) is 13.0. The largest absolute Gasteiger partial charge is 0.385 e. The minimum Gasteiger partial charge on any atom is -0.385 e. The van der Waals surface area contributed by atoms with Gasteiger partial charge < -0.3 is 5.32 Å². The van der Waals surface area contributed by atoms with Gasteiger partial charge in [-0.25, -0.2) is 0 Å². The molecule has 2 aromatic carbocycles. The van der Waals surface area contributed by atoms with Gasteiger partial charge in [-0.05, 0) is 30.2 Å². The average molecular weight is 318 g/mol. The monoisotopic (exact) mass is 317 g/mol. The van der Waals surface area contributed by atoms with Crippen LogP contribution in [0.4, 0.5) is 5.69 Å². The number of nitrogens with one attached hydrogen (secondary N) is 1. The molecule has 0 aromatic heterocycles. The first-order chi connectivity index (χ1) is 9.97. The molecule has 0 spiro atoms. The van der Waals surface area contributed by atoms with Gasteiger partial charge in [-0.15, -0.1) is 0 Å². The Balaban J connectivity index is 1.91. The van der Waals surface area contributed by atoms with E-state index in [9.17, 15) is 0 Å². The molecule has 112 valence electrons. The lowest BCUT2D eigenvalue weighted by Crippen LogP contribution is -2.43. The molecule has 1 N–H and O–H groups in total. The van der Waals surface area contributed by atoms with Crippen molar-refractivity contribution in [3.05, 3.63) is 59.6 Å². The number of anilines is 1. The quantitative estimate of drug-likeness (QED) is 0.739. The molecule has 2 rings (SSSR count). The van der Waals surface area contributed by atoms with Crippen LogP contribution in [-0.2, 0) is 0 Å². The van der Waals surface area contributed by atoms with Crippen molar-refractivity contribution in [3.63, 3.8) is 0 Å². The highest BCUT2D eigenvalue weighted by molar-refractivity contribution is 6.89. The van der Waals surface area contributed by atoms with E-state index in [1.165, 1.54) is 6.04 Å². The van der Waals surface area contributed by atoms with Crippen molar-refractivity contribution in [2.75, 3.05) is 11.9 Å². The fourth-order valence-corrected chi connectivity index (χ4v) is 6.25. The average Bonchev–Trinajstić information content (AvgIpc) is 2.46. The van der Waals surface area contributed by atoms with Crippen LogP contribution in [0, 0.1) is 5.92 Å². The number of hydrogen-bond donors (Lipinski definition) is 1. The topological polar surface area (TPSA) is 12.0 Å². The Hall–Kier alpha value is -1.25. The maximum atomic E-state index is 6.01. The first-order valence-electron chi connectivity index (χ1n) is 7.52. The van der Waals surface area contributed by atoms with E-state index < -0.39 is 8.07 Å². The van der Waals surface area contributed by atoms with E-state index in [1.807, 2.05) is 18.2 Å². The zero-order valence-corrected chi connectivity index (χ0v) is 14.8. The van der Waals surface area contributed by atoms with Crippen LogP contribution in [0.15, 0.2) is 54.6 Å². The lowest BCUT2D eigenvalue weighted by atomic mass is 10.2. The fourth-order valence-electron chi connectivity index (χ4n) is 2.84. The Morgan fingerprint density at radius 1 is 1.05 bits per heavy atom. The van der Waals surface area contributed by atoms with Crippen LogP contribution in [0.2, 0.25) is 24.2 Å². The molecule has 1 unspecified atom stereocenters. The van der Waals surface area contributed by atoms with Crippen molar-refractivity contribution in [2.45, 2.75) is 26.1 Å². The molecule has 0 radical (unpaired) electrons. The lowest BCUT2D eigenvalue weighted by molar-refractivity contribution is 0.677. The molecule has 1 nitrogen and oxygen atoms in total. The SMILES string of the molecule is CC(CNc1cccc(Cl)c1)C[Si](C)(C)c1ccccc1. The molecule has 0 saturated heterocycles. The molecule has 0 saturated carbocycles. The maximum absolute atomic E-state index is 6.01. The van der Waals surface area contributed by atoms with Crippen molar-refractivity contribution in [2.24, 2.45) is 5.92 Å². The van der Waals surface area contributed by atoms with Crippen LogP contribution < -0.4 is 10.5 Å². The summed E-state index contributed by atoms with van der Waals surface area (Å²) in [4.78, 5) is 0. The number of benzene rings is 2. The minimum absolute atomic E-state index is 0.644. The van der Waals surface area contributed by atoms with E-state index in [4.69, 9.17) is 11.6 Å². The Morgan fingerprint density at radius 2 is 1.76 bits per heavy atom. The summed E-state index contributed by atoms with van der Waals surface area (Å²) in [6.07, 6.45) is 0. The summed E-state index contributed by atoms with van der Waals surface area (Å²) in [5.41, 5.74) is 1.11. The van der Waals surface area contributed by atoms with Crippen LogP contribution in [0.5, 0.6) is 0 Å². The summed E-state index contributed by atoms with van der Waals surface area (Å²) in [5.74, 6) is 0.644. The molecular formula is C18H24ClNSi. The molecule has 0 bridgehead atoms. The number of hydrogen-bond acceptors (Lipinski definition) is 1. The second kappa shape index (κ2) is 7.14. The second-order valence-corrected chi connectivity index (χ2v) is 11.6. The van der Waals surface area contributed by atoms with Crippen LogP contribution in [0.25, 0.3) is 0 Å². The maximum Gasteiger partial charge on any atom is 0.0809 e. The third-order valence-electron chi connectivity index (χ3n) is 3.89. The molecule has 0 aliphatic heterocycles. The van der Waals surface area contributed by atoms with Gasteiger partial charge in [-0.2, -0.15) is 0 Å². The molecule has 1 atom stereocenters. The van der Waals surface area contributed by atoms with E-state index in [2.05, 4.69) is 61.7 Å². The van der Waals surface area contributed by atoms with E-state index in [0.29, 0.717) is 5.92 Å². The highest BCUT2D eigenvalue weighted by atomic mass is 35.5. The molecule has 3 heteroatoms. The molecule has 0 heterocycles. The summed E-state index contributed by atoms with van der Waals surface area (Å²) >= 11 is 6.01. The third-order valence-corrected chi connectivity index (χ3v) is 7.74. The molecule has 0 amide bonds. The molecule has 0 fully saturated rings. The second-order valence-electron chi connectivity index (χ2n) is 6.45. The summed E-state index contributed by atoms with van der Waals surface area (Å²) in [7, 11) is -1.36. The predicted octanol–water partition coefficient (Wildman–Crippen LogP) is 5.00. The van der Waals surface area contributed by atoms with Crippen molar-refractivity contribution in [1.82, 2.24) is 0 Å². The minimum atomic E-state index is -1.36. The molecule has 21 heavy (non-hydrogen) atoms. The van der Waals surface area contributed by atoms with Crippen LogP contribution in [-0.4, -0.2) is 14.6 Å². The van der Waals surface area contributed by atoms with E-state index in [-0.39, 0.29) is 0 Å². The van der Waals surface area contributed by atoms with Crippen LogP contribution in [0.1, 0.15) is 6.92 Å². The summed E-state index contributed by atoms with van der Waals surface area (Å²) in [6, 6.07) is 20.2. The first-order valence-corrected chi connectivity index (χ1v) is 11.1. The standard InChI is InChI=1S/C18H24ClNSi/c1-15(13-20-17-9-7-8-16(19)12-17)14-21(2,3)18-10-5-4-6-11-18/h4-12,15,20H,13-14H2,1-3H3. The van der Waals surface area contributed by atoms with Crippen LogP contribution in [0.3, 0.4) is 0 Å². The highest BCUT2D eigenvalue weighted by Crippen LogP contribution is 2.19. The van der Waals surface area contributed by atoms with Crippen molar-refractivity contribution in [3.8, 4) is 0 Å². The van der Waals surface area contributed by atoms with Gasteiger partial charge in [0, 0.05) is 17.3 Å². The zero-order valence-electron chi connectivity index (χ0n) is 13.1. The Bertz CT molecular complexity index is 568. The van der Waals surface area contributed by atoms with Crippen molar-refractivity contribution < 1.29 is 0 Å². The molecule has 0 aliphatic carbocycles. The molecule has 0 aliphatic rings. The molecular weight excluding hydrogens is 294 g/mol. The van der Waals surface area contributed by atoms with Gasteiger partial charge in [0.1, 0.15) is 0 Å². The number of halogens is 1. The van der Waals surface area contributed by atoms with E-state index in [0.717, 1.165) is 17.3 Å². The fraction of sp³-hybridized carbons (Fsp3) is 0.333. The predicted molar refractivity (Wildman–Crippen MR) is 97.5 cm³/mol. The first kappa shape index (κ1) is 16.1. The van der Waals surface area contributed by atoms with Gasteiger partial charge in [0.25, 0.3) is 0 Å². The van der Waals surface area contributed by atoms with Gasteiger partial charge in [0.15, 0.2) is 0 Å². The number of rotatable bonds is 6. The van der Waals surface area contributed by atoms with E-state index >= 15 is 0 Å². The van der Waals surface area contributed by atoms with Gasteiger partial charge in [-0.1, -0.05) is 73.2 Å². The molecule has 2 aromatic rings. The van der Waals surface area contributed by atoms with Gasteiger partial charge in [0.05, 0.1) is 8.07 Å². The highest BCUT2D eigenvalue weighted by Gasteiger charge is 2.25. The lowest BCUT2D eigenvalue weighted by Gasteiger charge is -2.27. The summed E-state index contributed by atoms with van der Waals surface area (Å²) in [5, 5.41) is 5.82. The van der Waals surface area contributed by atoms with E-state index in [1.54, 1.807) is 5.19 Å². The Kier molecular flexibility index (Phi) is 5.49.